The number of carbonyl (C=O) groups excluding carboxylic acids is 1. The number of nitrogens with zero attached hydrogens (tertiary/aromatic N) is 10. The van der Waals surface area contributed by atoms with Crippen LogP contribution in [0, 0.1) is 13.8 Å². The summed E-state index contributed by atoms with van der Waals surface area (Å²) in [6.45, 7) is 7.52. The monoisotopic (exact) mass is 858 g/mol. The third-order valence-electron chi connectivity index (χ3n) is 10.4. The molecule has 2 saturated heterocycles. The van der Waals surface area contributed by atoms with E-state index in [0.29, 0.717) is 15.7 Å². The molecule has 0 saturated carbocycles. The minimum Gasteiger partial charge on any atom is -0.476 e. The maximum absolute atomic E-state index is 12.7. The SMILES string of the molecule is Cc1cn2cccc2c(N2CC[C@H](N)C2)n1.Cc1cn2cccc2c(N2CC[C@H](NC(=O)c3ccn(-c4ccc(Cl)cc4)n3)C2)n1.O=C(O)c1ccn(-c2ccc(Cl)cc2)n1. The van der Waals surface area contributed by atoms with Gasteiger partial charge in [0.15, 0.2) is 23.0 Å². The molecule has 17 heteroatoms. The molecule has 2 atom stereocenters. The van der Waals surface area contributed by atoms with Crippen molar-refractivity contribution in [3.8, 4) is 11.4 Å². The van der Waals surface area contributed by atoms with Crippen molar-refractivity contribution in [2.24, 2.45) is 5.73 Å². The lowest BCUT2D eigenvalue weighted by molar-refractivity contribution is 0.0689. The fraction of sp³-hybridized carbons (Fsp3) is 0.227. The minimum absolute atomic E-state index is 0.0185. The van der Waals surface area contributed by atoms with Crippen LogP contribution in [0.15, 0.2) is 122 Å². The van der Waals surface area contributed by atoms with E-state index in [1.54, 1.807) is 59.5 Å². The van der Waals surface area contributed by atoms with E-state index in [4.69, 9.17) is 39.0 Å². The number of halogens is 2. The van der Waals surface area contributed by atoms with Gasteiger partial charge in [0.25, 0.3) is 5.91 Å². The third-order valence-corrected chi connectivity index (χ3v) is 10.9. The first-order valence-electron chi connectivity index (χ1n) is 19.8. The van der Waals surface area contributed by atoms with E-state index < -0.39 is 5.97 Å². The molecule has 2 aliphatic rings. The van der Waals surface area contributed by atoms with Crippen LogP contribution in [0.5, 0.6) is 0 Å². The van der Waals surface area contributed by atoms with Gasteiger partial charge in [-0.1, -0.05) is 23.2 Å². The molecule has 8 aromatic rings. The van der Waals surface area contributed by atoms with E-state index >= 15 is 0 Å². The smallest absolute Gasteiger partial charge is 0.356 e. The number of nitrogens with two attached hydrogens (primary N) is 1. The largest absolute Gasteiger partial charge is 0.476 e. The summed E-state index contributed by atoms with van der Waals surface area (Å²) in [5.74, 6) is 0.823. The van der Waals surface area contributed by atoms with Crippen molar-refractivity contribution in [3.05, 3.63) is 155 Å². The maximum atomic E-state index is 12.7. The lowest BCUT2D eigenvalue weighted by Crippen LogP contribution is -2.37. The van der Waals surface area contributed by atoms with Crippen LogP contribution in [-0.4, -0.2) is 93.6 Å². The van der Waals surface area contributed by atoms with Crippen molar-refractivity contribution in [3.63, 3.8) is 0 Å². The number of hydrogen-bond acceptors (Lipinski definition) is 9. The molecule has 8 heterocycles. The summed E-state index contributed by atoms with van der Waals surface area (Å²) in [5, 5.41) is 21.4. The van der Waals surface area contributed by atoms with Crippen molar-refractivity contribution in [1.29, 1.82) is 0 Å². The van der Waals surface area contributed by atoms with Gasteiger partial charge in [0.2, 0.25) is 0 Å². The number of aromatic nitrogens is 8. The molecule has 0 radical (unpaired) electrons. The third kappa shape index (κ3) is 9.54. The van der Waals surface area contributed by atoms with E-state index in [9.17, 15) is 9.59 Å². The number of hydrogen-bond donors (Lipinski definition) is 3. The number of carboxylic acids is 1. The van der Waals surface area contributed by atoms with E-state index in [2.05, 4.69) is 69.7 Å². The summed E-state index contributed by atoms with van der Waals surface area (Å²) in [5.41, 5.74) is 12.2. The van der Waals surface area contributed by atoms with Gasteiger partial charge < -0.3 is 34.8 Å². The average Bonchev–Trinajstić information content (AvgIpc) is 4.10. The number of carboxylic acid groups (broad SMARTS) is 1. The number of aromatic carboxylic acids is 1. The van der Waals surface area contributed by atoms with Crippen LogP contribution in [0.4, 0.5) is 11.6 Å². The summed E-state index contributed by atoms with van der Waals surface area (Å²) in [4.78, 5) is 37.2. The van der Waals surface area contributed by atoms with Gasteiger partial charge in [0.05, 0.1) is 33.8 Å². The molecular weight excluding hydrogens is 815 g/mol. The average molecular weight is 860 g/mol. The molecule has 2 fully saturated rings. The molecule has 2 aromatic carbocycles. The van der Waals surface area contributed by atoms with Gasteiger partial charge in [-0.2, -0.15) is 10.2 Å². The highest BCUT2D eigenvalue weighted by molar-refractivity contribution is 6.30. The van der Waals surface area contributed by atoms with E-state index in [1.807, 2.05) is 44.4 Å². The number of amides is 1. The first-order chi connectivity index (χ1) is 29.5. The Bertz CT molecular complexity index is 2790. The molecule has 0 bridgehead atoms. The Morgan fingerprint density at radius 2 is 1.16 bits per heavy atom. The Hall–Kier alpha value is -6.68. The van der Waals surface area contributed by atoms with E-state index in [-0.39, 0.29) is 23.7 Å². The Balaban J connectivity index is 0.000000139. The normalized spacial score (nSPS) is 16.0. The molecule has 10 rings (SSSR count). The molecule has 15 nitrogen and oxygen atoms in total. The zero-order valence-electron chi connectivity index (χ0n) is 33.5. The van der Waals surface area contributed by atoms with Crippen LogP contribution in [0.1, 0.15) is 45.2 Å². The second-order valence-corrected chi connectivity index (χ2v) is 15.8. The number of benzene rings is 2. The first-order valence-corrected chi connectivity index (χ1v) is 20.5. The highest BCUT2D eigenvalue weighted by Crippen LogP contribution is 2.26. The summed E-state index contributed by atoms with van der Waals surface area (Å²) in [6, 6.07) is 26.0. The van der Waals surface area contributed by atoms with Crippen LogP contribution < -0.4 is 20.9 Å². The standard InChI is InChI=1S/C22H21ClN6O.C12H16N4.C10H7ClN2O2/c1-15-13-27-10-2-3-20(27)21(24-15)28-11-8-17(14-28)25-22(30)19-9-12-29(26-19)18-6-4-16(23)5-7-18;1-9-7-15-5-2-3-11(15)12(14-9)16-6-4-10(13)8-16;11-7-1-3-8(4-2-7)13-6-5-9(12-13)10(14)15/h2-7,9-10,12-13,17H,8,11,14H2,1H3,(H,25,30);2-3,5,7,10H,4,6,8,13H2,1H3;1-6H,(H,14,15)/t17-;10-;/m00./s1. The molecule has 0 unspecified atom stereocenters. The van der Waals surface area contributed by atoms with Gasteiger partial charge in [-0.15, -0.1) is 0 Å². The highest BCUT2D eigenvalue weighted by atomic mass is 35.5. The molecule has 6 aromatic heterocycles. The number of anilines is 2. The molecule has 0 aliphatic carbocycles. The zero-order chi connectivity index (χ0) is 42.6. The van der Waals surface area contributed by atoms with Gasteiger partial charge >= 0.3 is 5.97 Å². The fourth-order valence-electron chi connectivity index (χ4n) is 7.43. The van der Waals surface area contributed by atoms with Crippen molar-refractivity contribution < 1.29 is 14.7 Å². The predicted octanol–water partition coefficient (Wildman–Crippen LogP) is 6.89. The lowest BCUT2D eigenvalue weighted by atomic mass is 10.2. The summed E-state index contributed by atoms with van der Waals surface area (Å²) in [6.07, 6.45) is 13.4. The number of aryl methyl sites for hydroxylation is 2. The summed E-state index contributed by atoms with van der Waals surface area (Å²) >= 11 is 11.7. The van der Waals surface area contributed by atoms with Gasteiger partial charge in [0, 0.05) is 85.5 Å². The lowest BCUT2D eigenvalue weighted by Gasteiger charge is -2.19. The Labute approximate surface area is 361 Å². The van der Waals surface area contributed by atoms with E-state index in [1.165, 1.54) is 16.3 Å². The molecule has 0 spiro atoms. The van der Waals surface area contributed by atoms with E-state index in [0.717, 1.165) is 78.9 Å². The summed E-state index contributed by atoms with van der Waals surface area (Å²) < 4.78 is 7.38. The first kappa shape index (κ1) is 41.1. The van der Waals surface area contributed by atoms with Crippen LogP contribution >= 0.6 is 23.2 Å². The molecular formula is C44H44Cl2N12O3. The number of fused-ring (bicyclic) bond motifs is 2. The van der Waals surface area contributed by atoms with Gasteiger partial charge in [0.1, 0.15) is 0 Å². The molecule has 2 aliphatic heterocycles. The summed E-state index contributed by atoms with van der Waals surface area (Å²) in [7, 11) is 0. The number of carbonyl (C=O) groups is 2. The van der Waals surface area contributed by atoms with Crippen LogP contribution in [-0.2, 0) is 0 Å². The van der Waals surface area contributed by atoms with Crippen molar-refractivity contribution in [2.75, 3.05) is 36.0 Å². The second-order valence-electron chi connectivity index (χ2n) is 15.0. The Morgan fingerprint density at radius 3 is 1.66 bits per heavy atom. The molecule has 312 valence electrons. The molecule has 61 heavy (non-hydrogen) atoms. The number of nitrogens with one attached hydrogen (secondary N) is 1. The quantitative estimate of drug-likeness (QED) is 0.153. The maximum Gasteiger partial charge on any atom is 0.356 e. The predicted molar refractivity (Wildman–Crippen MR) is 237 cm³/mol. The topological polar surface area (TPSA) is 169 Å². The molecule has 4 N–H and O–H groups in total. The van der Waals surface area contributed by atoms with Crippen molar-refractivity contribution in [1.82, 2.24) is 43.6 Å². The van der Waals surface area contributed by atoms with Crippen molar-refractivity contribution in [2.45, 2.75) is 38.8 Å². The van der Waals surface area contributed by atoms with Gasteiger partial charge in [-0.25, -0.2) is 24.1 Å². The molecule has 1 amide bonds. The highest BCUT2D eigenvalue weighted by Gasteiger charge is 2.27. The second kappa shape index (κ2) is 17.9. The van der Waals surface area contributed by atoms with Crippen LogP contribution in [0.25, 0.3) is 22.4 Å². The zero-order valence-corrected chi connectivity index (χ0v) is 35.0. The van der Waals surface area contributed by atoms with Gasteiger partial charge in [-0.3, -0.25) is 4.79 Å². The van der Waals surface area contributed by atoms with Crippen molar-refractivity contribution >= 4 is 57.7 Å². The van der Waals surface area contributed by atoms with Gasteiger partial charge in [-0.05, 0) is 112 Å². The fourth-order valence-corrected chi connectivity index (χ4v) is 7.69. The van der Waals surface area contributed by atoms with Crippen LogP contribution in [0.3, 0.4) is 0 Å². The van der Waals surface area contributed by atoms with Crippen LogP contribution in [0.2, 0.25) is 10.0 Å². The minimum atomic E-state index is -1.04. The Kier molecular flexibility index (Phi) is 12.0. The number of rotatable bonds is 7. The Morgan fingerprint density at radius 1 is 0.672 bits per heavy atom.